The fourth-order valence-corrected chi connectivity index (χ4v) is 3.84. The number of hydrogen-bond acceptors (Lipinski definition) is 4. The van der Waals surface area contributed by atoms with Crippen LogP contribution < -0.4 is 0 Å². The Balaban J connectivity index is 1.52. The van der Waals surface area contributed by atoms with Gasteiger partial charge < -0.3 is 4.90 Å². The van der Waals surface area contributed by atoms with Crippen LogP contribution in [0.15, 0.2) is 49.1 Å². The summed E-state index contributed by atoms with van der Waals surface area (Å²) < 4.78 is 0. The van der Waals surface area contributed by atoms with Crippen LogP contribution in [0.1, 0.15) is 34.5 Å². The van der Waals surface area contributed by atoms with Crippen molar-refractivity contribution in [1.82, 2.24) is 19.9 Å². The van der Waals surface area contributed by atoms with Crippen LogP contribution in [0.4, 0.5) is 0 Å². The lowest BCUT2D eigenvalue weighted by atomic mass is 9.89. The zero-order valence-corrected chi connectivity index (χ0v) is 14.9. The molecule has 1 amide bonds. The highest BCUT2D eigenvalue weighted by Crippen LogP contribution is 2.26. The van der Waals surface area contributed by atoms with Crippen molar-refractivity contribution >= 4 is 16.8 Å². The standard InChI is InChI=1S/C21H22N4O/c1-15-19(12-22-14-24-15)21(26)25-10-4-5-16(13-25)11-17-6-2-8-20-18(17)7-3-9-23-20/h2-3,6-9,12,14,16H,4-5,10-11,13H2,1H3/t16-/m0/s1. The van der Waals surface area contributed by atoms with E-state index < -0.39 is 0 Å². The lowest BCUT2D eigenvalue weighted by molar-refractivity contribution is 0.0672. The molecule has 1 atom stereocenters. The highest BCUT2D eigenvalue weighted by Gasteiger charge is 2.26. The second kappa shape index (κ2) is 7.20. The molecule has 1 aromatic carbocycles. The molecule has 5 heteroatoms. The Morgan fingerprint density at radius 3 is 3.04 bits per heavy atom. The van der Waals surface area contributed by atoms with Gasteiger partial charge in [0, 0.05) is 30.9 Å². The summed E-state index contributed by atoms with van der Waals surface area (Å²) in [4.78, 5) is 27.4. The molecule has 26 heavy (non-hydrogen) atoms. The number of nitrogens with zero attached hydrogens (tertiary/aromatic N) is 4. The maximum Gasteiger partial charge on any atom is 0.257 e. The van der Waals surface area contributed by atoms with Crippen molar-refractivity contribution in [3.8, 4) is 0 Å². The van der Waals surface area contributed by atoms with Crippen LogP contribution in [0.2, 0.25) is 0 Å². The molecule has 0 bridgehead atoms. The normalized spacial score (nSPS) is 17.4. The van der Waals surface area contributed by atoms with Gasteiger partial charge in [-0.2, -0.15) is 0 Å². The number of hydrogen-bond donors (Lipinski definition) is 0. The topological polar surface area (TPSA) is 59.0 Å². The molecule has 3 heterocycles. The molecular formula is C21H22N4O. The van der Waals surface area contributed by atoms with Gasteiger partial charge >= 0.3 is 0 Å². The Kier molecular flexibility index (Phi) is 4.61. The number of aromatic nitrogens is 3. The molecule has 0 N–H and O–H groups in total. The maximum absolute atomic E-state index is 12.9. The molecule has 1 aliphatic heterocycles. The number of carbonyl (C=O) groups excluding carboxylic acids is 1. The van der Waals surface area contributed by atoms with Gasteiger partial charge in [0.25, 0.3) is 5.91 Å². The van der Waals surface area contributed by atoms with Crippen molar-refractivity contribution in [3.05, 3.63) is 65.9 Å². The maximum atomic E-state index is 12.9. The quantitative estimate of drug-likeness (QED) is 0.729. The number of likely N-dealkylation sites (tertiary alicyclic amines) is 1. The fourth-order valence-electron chi connectivity index (χ4n) is 3.84. The lowest BCUT2D eigenvalue weighted by Crippen LogP contribution is -2.40. The van der Waals surface area contributed by atoms with Crippen molar-refractivity contribution in [2.24, 2.45) is 5.92 Å². The summed E-state index contributed by atoms with van der Waals surface area (Å²) in [5, 5.41) is 1.21. The summed E-state index contributed by atoms with van der Waals surface area (Å²) in [6.07, 6.45) is 8.09. The number of rotatable bonds is 3. The predicted octanol–water partition coefficient (Wildman–Crippen LogP) is 3.43. The van der Waals surface area contributed by atoms with Crippen LogP contribution in [0.3, 0.4) is 0 Å². The van der Waals surface area contributed by atoms with Gasteiger partial charge in [-0.1, -0.05) is 18.2 Å². The van der Waals surface area contributed by atoms with Crippen LogP contribution in [-0.2, 0) is 6.42 Å². The largest absolute Gasteiger partial charge is 0.338 e. The number of carbonyl (C=O) groups is 1. The Bertz CT molecular complexity index is 935. The molecule has 0 radical (unpaired) electrons. The average molecular weight is 346 g/mol. The van der Waals surface area contributed by atoms with E-state index in [1.54, 1.807) is 6.20 Å². The molecule has 4 rings (SSSR count). The minimum absolute atomic E-state index is 0.0485. The van der Waals surface area contributed by atoms with Crippen LogP contribution >= 0.6 is 0 Å². The highest BCUT2D eigenvalue weighted by molar-refractivity contribution is 5.95. The van der Waals surface area contributed by atoms with Gasteiger partial charge in [0.1, 0.15) is 6.33 Å². The Labute approximate surface area is 153 Å². The SMILES string of the molecule is Cc1ncncc1C(=O)N1CCC[C@@H](Cc2cccc3ncccc23)C1. The van der Waals surface area contributed by atoms with Gasteiger partial charge in [0.05, 0.1) is 16.8 Å². The first-order valence-electron chi connectivity index (χ1n) is 9.11. The zero-order chi connectivity index (χ0) is 17.9. The van der Waals surface area contributed by atoms with E-state index in [0.29, 0.717) is 11.5 Å². The second-order valence-electron chi connectivity index (χ2n) is 6.97. The Morgan fingerprint density at radius 1 is 1.23 bits per heavy atom. The van der Waals surface area contributed by atoms with E-state index in [-0.39, 0.29) is 5.91 Å². The van der Waals surface area contributed by atoms with E-state index in [0.717, 1.165) is 43.6 Å². The Hall–Kier alpha value is -2.82. The van der Waals surface area contributed by atoms with Crippen molar-refractivity contribution in [3.63, 3.8) is 0 Å². The summed E-state index contributed by atoms with van der Waals surface area (Å²) in [6.45, 7) is 3.45. The van der Waals surface area contributed by atoms with Crippen LogP contribution in [0, 0.1) is 12.8 Å². The van der Waals surface area contributed by atoms with Crippen LogP contribution in [0.25, 0.3) is 10.9 Å². The van der Waals surface area contributed by atoms with Crippen molar-refractivity contribution in [1.29, 1.82) is 0 Å². The first-order chi connectivity index (χ1) is 12.7. The summed E-state index contributed by atoms with van der Waals surface area (Å²) in [5.74, 6) is 0.510. The molecule has 0 saturated carbocycles. The lowest BCUT2D eigenvalue weighted by Gasteiger charge is -2.33. The van der Waals surface area contributed by atoms with Crippen LogP contribution in [-0.4, -0.2) is 38.8 Å². The van der Waals surface area contributed by atoms with Gasteiger partial charge in [-0.15, -0.1) is 0 Å². The van der Waals surface area contributed by atoms with E-state index in [1.165, 1.54) is 17.3 Å². The molecule has 0 aliphatic carbocycles. The first-order valence-corrected chi connectivity index (χ1v) is 9.11. The van der Waals surface area contributed by atoms with Gasteiger partial charge in [-0.25, -0.2) is 9.97 Å². The van der Waals surface area contributed by atoms with E-state index >= 15 is 0 Å². The third kappa shape index (κ3) is 3.29. The molecule has 5 nitrogen and oxygen atoms in total. The van der Waals surface area contributed by atoms with Gasteiger partial charge in [0.15, 0.2) is 0 Å². The van der Waals surface area contributed by atoms with E-state index in [1.807, 2.05) is 30.2 Å². The molecule has 1 saturated heterocycles. The van der Waals surface area contributed by atoms with E-state index in [2.05, 4.69) is 33.2 Å². The number of benzene rings is 1. The second-order valence-corrected chi connectivity index (χ2v) is 6.97. The number of pyridine rings is 1. The summed E-state index contributed by atoms with van der Waals surface area (Å²) in [5.41, 5.74) is 3.70. The smallest absolute Gasteiger partial charge is 0.257 e. The van der Waals surface area contributed by atoms with Gasteiger partial charge in [-0.3, -0.25) is 9.78 Å². The monoisotopic (exact) mass is 346 g/mol. The molecule has 132 valence electrons. The molecular weight excluding hydrogens is 324 g/mol. The van der Waals surface area contributed by atoms with Crippen molar-refractivity contribution in [2.75, 3.05) is 13.1 Å². The summed E-state index contributed by atoms with van der Waals surface area (Å²) >= 11 is 0. The number of fused-ring (bicyclic) bond motifs is 1. The predicted molar refractivity (Wildman–Crippen MR) is 101 cm³/mol. The molecule has 1 fully saturated rings. The average Bonchev–Trinajstić information content (AvgIpc) is 2.68. The minimum Gasteiger partial charge on any atom is -0.338 e. The van der Waals surface area contributed by atoms with Crippen molar-refractivity contribution < 1.29 is 4.79 Å². The van der Waals surface area contributed by atoms with E-state index in [4.69, 9.17) is 0 Å². The number of aryl methyl sites for hydroxylation is 1. The number of amides is 1. The highest BCUT2D eigenvalue weighted by atomic mass is 16.2. The van der Waals surface area contributed by atoms with E-state index in [9.17, 15) is 4.79 Å². The summed E-state index contributed by atoms with van der Waals surface area (Å²) in [7, 11) is 0. The van der Waals surface area contributed by atoms with Crippen molar-refractivity contribution in [2.45, 2.75) is 26.2 Å². The third-order valence-electron chi connectivity index (χ3n) is 5.19. The fraction of sp³-hybridized carbons (Fsp3) is 0.333. The molecule has 0 unspecified atom stereocenters. The number of piperidine rings is 1. The van der Waals surface area contributed by atoms with Gasteiger partial charge in [-0.05, 0) is 49.8 Å². The minimum atomic E-state index is 0.0485. The zero-order valence-electron chi connectivity index (χ0n) is 14.9. The molecule has 1 aliphatic rings. The third-order valence-corrected chi connectivity index (χ3v) is 5.19. The molecule has 3 aromatic rings. The van der Waals surface area contributed by atoms with Crippen LogP contribution in [0.5, 0.6) is 0 Å². The summed E-state index contributed by atoms with van der Waals surface area (Å²) in [6, 6.07) is 10.4. The molecule has 2 aromatic heterocycles. The first kappa shape index (κ1) is 16.6. The molecule has 0 spiro atoms. The Morgan fingerprint density at radius 2 is 2.15 bits per heavy atom. The van der Waals surface area contributed by atoms with Gasteiger partial charge in [0.2, 0.25) is 0 Å².